The van der Waals surface area contributed by atoms with Crippen LogP contribution in [0.15, 0.2) is 27.8 Å². The minimum atomic E-state index is 0.776. The Hall–Kier alpha value is 0.270. The van der Waals surface area contributed by atoms with Crippen LogP contribution in [0.3, 0.4) is 0 Å². The molecule has 0 saturated heterocycles. The lowest BCUT2D eigenvalue weighted by Gasteiger charge is -2.01. The molecule has 0 aliphatic rings. The first-order chi connectivity index (χ1) is 6.84. The highest BCUT2D eigenvalue weighted by Gasteiger charge is 1.99. The zero-order chi connectivity index (χ0) is 10.2. The molecule has 78 valence electrons. The van der Waals surface area contributed by atoms with Gasteiger partial charge in [-0.2, -0.15) is 0 Å². The Kier molecular flexibility index (Phi) is 6.65. The molecule has 0 N–H and O–H groups in total. The fraction of sp³-hybridized carbons (Fsp3) is 0.500. The van der Waals surface area contributed by atoms with Gasteiger partial charge in [0, 0.05) is 16.5 Å². The van der Waals surface area contributed by atoms with Gasteiger partial charge in [-0.1, -0.05) is 6.42 Å². The van der Waals surface area contributed by atoms with Crippen molar-refractivity contribution in [3.8, 4) is 0 Å². The molecule has 0 saturated carbocycles. The monoisotopic (exact) mass is 293 g/mol. The predicted octanol–water partition coefficient (Wildman–Crippen LogP) is 4.35. The maximum Gasteiger partial charge on any atom is 0.110 e. The van der Waals surface area contributed by atoms with Crippen LogP contribution < -0.4 is 0 Å². The predicted molar refractivity (Wildman–Crippen MR) is 67.2 cm³/mol. The van der Waals surface area contributed by atoms with Gasteiger partial charge in [-0.05, 0) is 46.7 Å². The summed E-state index contributed by atoms with van der Waals surface area (Å²) in [6, 6.07) is 3.95. The second-order valence-corrected chi connectivity index (χ2v) is 5.20. The molecule has 1 aromatic rings. The second-order valence-electron chi connectivity index (χ2n) is 2.89. The Labute approximate surface area is 103 Å². The molecule has 1 heterocycles. The van der Waals surface area contributed by atoms with Gasteiger partial charge in [-0.15, -0.1) is 23.4 Å². The van der Waals surface area contributed by atoms with Gasteiger partial charge in [0.25, 0.3) is 0 Å². The van der Waals surface area contributed by atoms with Crippen molar-refractivity contribution >= 4 is 39.3 Å². The van der Waals surface area contributed by atoms with Crippen LogP contribution >= 0.6 is 39.3 Å². The van der Waals surface area contributed by atoms with E-state index in [2.05, 4.69) is 20.9 Å². The summed E-state index contributed by atoms with van der Waals surface area (Å²) < 4.78 is 1.09. The van der Waals surface area contributed by atoms with Crippen LogP contribution in [-0.2, 0) is 0 Å². The number of pyridine rings is 1. The van der Waals surface area contributed by atoms with E-state index in [1.54, 1.807) is 11.8 Å². The number of nitrogens with zero attached hydrogens (tertiary/aromatic N) is 1. The van der Waals surface area contributed by atoms with Gasteiger partial charge in [0.15, 0.2) is 0 Å². The van der Waals surface area contributed by atoms with Crippen molar-refractivity contribution in [1.82, 2.24) is 4.98 Å². The van der Waals surface area contributed by atoms with Crippen molar-refractivity contribution in [3.05, 3.63) is 22.8 Å². The lowest BCUT2D eigenvalue weighted by molar-refractivity contribution is 0.782. The fourth-order valence-electron chi connectivity index (χ4n) is 1.02. The summed E-state index contributed by atoms with van der Waals surface area (Å²) in [7, 11) is 0. The maximum atomic E-state index is 5.60. The van der Waals surface area contributed by atoms with E-state index in [1.807, 2.05) is 18.3 Å². The molecule has 1 rings (SSSR count). The van der Waals surface area contributed by atoms with Gasteiger partial charge in [0.2, 0.25) is 0 Å². The van der Waals surface area contributed by atoms with Gasteiger partial charge >= 0.3 is 0 Å². The molecule has 0 aliphatic carbocycles. The van der Waals surface area contributed by atoms with E-state index in [0.717, 1.165) is 27.6 Å². The third kappa shape index (κ3) is 4.67. The van der Waals surface area contributed by atoms with Crippen molar-refractivity contribution in [1.29, 1.82) is 0 Å². The van der Waals surface area contributed by atoms with Crippen molar-refractivity contribution < 1.29 is 0 Å². The standard InChI is InChI=1S/C10H13BrClNS/c11-9-5-4-7-13-10(9)14-8-3-1-2-6-12/h4-5,7H,1-3,6,8H2. The lowest BCUT2D eigenvalue weighted by Crippen LogP contribution is -1.85. The number of halogens is 2. The summed E-state index contributed by atoms with van der Waals surface area (Å²) in [5, 5.41) is 1.08. The Morgan fingerprint density at radius 3 is 2.93 bits per heavy atom. The normalized spacial score (nSPS) is 10.4. The zero-order valence-corrected chi connectivity index (χ0v) is 11.0. The molecule has 0 atom stereocenters. The van der Waals surface area contributed by atoms with E-state index >= 15 is 0 Å². The highest BCUT2D eigenvalue weighted by atomic mass is 79.9. The number of aromatic nitrogens is 1. The Bertz CT molecular complexity index is 270. The second kappa shape index (κ2) is 7.55. The van der Waals surface area contributed by atoms with Crippen LogP contribution in [-0.4, -0.2) is 16.6 Å². The van der Waals surface area contributed by atoms with Crippen LogP contribution in [0.5, 0.6) is 0 Å². The van der Waals surface area contributed by atoms with Gasteiger partial charge in [0.1, 0.15) is 5.03 Å². The Morgan fingerprint density at radius 1 is 1.36 bits per heavy atom. The number of hydrogen-bond acceptors (Lipinski definition) is 2. The van der Waals surface area contributed by atoms with Crippen molar-refractivity contribution in [2.24, 2.45) is 0 Å². The SMILES string of the molecule is ClCCCCCSc1ncccc1Br. The molecule has 0 unspecified atom stereocenters. The first-order valence-electron chi connectivity index (χ1n) is 4.64. The number of alkyl halides is 1. The van der Waals surface area contributed by atoms with Gasteiger partial charge < -0.3 is 0 Å². The van der Waals surface area contributed by atoms with Crippen LogP contribution in [0.4, 0.5) is 0 Å². The molecule has 0 fully saturated rings. The van der Waals surface area contributed by atoms with Crippen molar-refractivity contribution in [2.75, 3.05) is 11.6 Å². The summed E-state index contributed by atoms with van der Waals surface area (Å²) in [4.78, 5) is 4.29. The zero-order valence-electron chi connectivity index (χ0n) is 7.88. The first kappa shape index (κ1) is 12.3. The highest BCUT2D eigenvalue weighted by Crippen LogP contribution is 2.25. The molecule has 14 heavy (non-hydrogen) atoms. The van der Waals surface area contributed by atoms with Crippen molar-refractivity contribution in [3.63, 3.8) is 0 Å². The largest absolute Gasteiger partial charge is 0.249 e. The van der Waals surface area contributed by atoms with Gasteiger partial charge in [0.05, 0.1) is 0 Å². The molecule has 1 nitrogen and oxygen atoms in total. The van der Waals surface area contributed by atoms with Crippen LogP contribution in [0.25, 0.3) is 0 Å². The third-order valence-electron chi connectivity index (χ3n) is 1.74. The third-order valence-corrected chi connectivity index (χ3v) is 4.00. The topological polar surface area (TPSA) is 12.9 Å². The van der Waals surface area contributed by atoms with Gasteiger partial charge in [-0.3, -0.25) is 0 Å². The maximum absolute atomic E-state index is 5.60. The molecule has 4 heteroatoms. The molecule has 0 aromatic carbocycles. The minimum absolute atomic E-state index is 0.776. The van der Waals surface area contributed by atoms with Crippen LogP contribution in [0, 0.1) is 0 Å². The average molecular weight is 295 g/mol. The number of thioether (sulfide) groups is 1. The average Bonchev–Trinajstić information content (AvgIpc) is 2.20. The van der Waals surface area contributed by atoms with E-state index in [4.69, 9.17) is 11.6 Å². The Balaban J connectivity index is 2.21. The van der Waals surface area contributed by atoms with E-state index in [-0.39, 0.29) is 0 Å². The molecule has 0 aliphatic heterocycles. The quantitative estimate of drug-likeness (QED) is 0.439. The van der Waals surface area contributed by atoms with Crippen LogP contribution in [0.2, 0.25) is 0 Å². The smallest absolute Gasteiger partial charge is 0.110 e. The lowest BCUT2D eigenvalue weighted by atomic mass is 10.3. The molecular formula is C10H13BrClNS. The summed E-state index contributed by atoms with van der Waals surface area (Å²) in [5.74, 6) is 1.89. The van der Waals surface area contributed by atoms with Crippen molar-refractivity contribution in [2.45, 2.75) is 24.3 Å². The van der Waals surface area contributed by atoms with E-state index < -0.39 is 0 Å². The summed E-state index contributed by atoms with van der Waals surface area (Å²) in [5.41, 5.74) is 0. The molecule has 0 bridgehead atoms. The fourth-order valence-corrected chi connectivity index (χ4v) is 2.69. The summed E-state index contributed by atoms with van der Waals surface area (Å²) in [6.45, 7) is 0. The Morgan fingerprint density at radius 2 is 2.21 bits per heavy atom. The number of hydrogen-bond donors (Lipinski definition) is 0. The van der Waals surface area contributed by atoms with Gasteiger partial charge in [-0.25, -0.2) is 4.98 Å². The van der Waals surface area contributed by atoms with Crippen LogP contribution in [0.1, 0.15) is 19.3 Å². The number of unbranched alkanes of at least 4 members (excludes halogenated alkanes) is 2. The van der Waals surface area contributed by atoms with E-state index in [9.17, 15) is 0 Å². The summed E-state index contributed by atoms with van der Waals surface area (Å²) in [6.07, 6.45) is 5.36. The molecule has 0 spiro atoms. The minimum Gasteiger partial charge on any atom is -0.249 e. The highest BCUT2D eigenvalue weighted by molar-refractivity contribution is 9.10. The summed E-state index contributed by atoms with van der Waals surface area (Å²) >= 11 is 10.9. The molecule has 0 radical (unpaired) electrons. The molecule has 1 aromatic heterocycles. The van der Waals surface area contributed by atoms with E-state index in [0.29, 0.717) is 0 Å². The molecule has 0 amide bonds. The van der Waals surface area contributed by atoms with E-state index in [1.165, 1.54) is 12.8 Å². The molecular weight excluding hydrogens is 282 g/mol. The number of rotatable bonds is 6. The first-order valence-corrected chi connectivity index (χ1v) is 6.95.